The van der Waals surface area contributed by atoms with Crippen LogP contribution in [0, 0.1) is 5.92 Å². The highest BCUT2D eigenvalue weighted by Gasteiger charge is 2.27. The molecule has 0 spiro atoms. The van der Waals surface area contributed by atoms with Gasteiger partial charge in [-0.3, -0.25) is 0 Å². The zero-order chi connectivity index (χ0) is 13.2. The number of aryl methyl sites for hydroxylation is 1. The first-order valence-electron chi connectivity index (χ1n) is 5.96. The maximum absolute atomic E-state index is 11.3. The van der Waals surface area contributed by atoms with E-state index < -0.39 is 9.84 Å². The molecular formula is C11H16BrN3O2S. The topological polar surface area (TPSA) is 72.0 Å². The van der Waals surface area contributed by atoms with E-state index in [0.29, 0.717) is 12.3 Å². The van der Waals surface area contributed by atoms with Crippen molar-refractivity contribution >= 4 is 31.6 Å². The lowest BCUT2D eigenvalue weighted by molar-refractivity contribution is 0.595. The number of sulfone groups is 1. The van der Waals surface area contributed by atoms with Gasteiger partial charge in [0.2, 0.25) is 0 Å². The van der Waals surface area contributed by atoms with Crippen LogP contribution in [0.1, 0.15) is 19.2 Å². The molecule has 1 aromatic heterocycles. The Bertz CT molecular complexity index is 533. The van der Waals surface area contributed by atoms with Crippen molar-refractivity contribution in [2.45, 2.75) is 19.8 Å². The van der Waals surface area contributed by atoms with E-state index in [1.54, 1.807) is 0 Å². The Morgan fingerprint density at radius 1 is 1.50 bits per heavy atom. The molecule has 18 heavy (non-hydrogen) atoms. The summed E-state index contributed by atoms with van der Waals surface area (Å²) in [4.78, 5) is 8.57. The van der Waals surface area contributed by atoms with Gasteiger partial charge in [0.05, 0.1) is 11.5 Å². The minimum atomic E-state index is -2.80. The monoisotopic (exact) mass is 333 g/mol. The summed E-state index contributed by atoms with van der Waals surface area (Å²) in [5.74, 6) is 2.30. The summed E-state index contributed by atoms with van der Waals surface area (Å²) in [6.45, 7) is 2.64. The molecule has 1 fully saturated rings. The largest absolute Gasteiger partial charge is 0.370 e. The molecule has 0 bridgehead atoms. The Labute approximate surface area is 115 Å². The zero-order valence-corrected chi connectivity index (χ0v) is 12.6. The lowest BCUT2D eigenvalue weighted by Crippen LogP contribution is -2.16. The molecule has 2 heterocycles. The number of hydrogen-bond donors (Lipinski definition) is 1. The second-order valence-electron chi connectivity index (χ2n) is 4.50. The molecular weight excluding hydrogens is 318 g/mol. The Balaban J connectivity index is 1.96. The summed E-state index contributed by atoms with van der Waals surface area (Å²) in [6.07, 6.45) is 1.51. The number of hydrogen-bond acceptors (Lipinski definition) is 5. The average molecular weight is 334 g/mol. The van der Waals surface area contributed by atoms with Gasteiger partial charge in [0.15, 0.2) is 9.84 Å². The number of nitrogens with one attached hydrogen (secondary N) is 1. The van der Waals surface area contributed by atoms with Crippen LogP contribution >= 0.6 is 15.9 Å². The van der Waals surface area contributed by atoms with Gasteiger partial charge in [-0.05, 0) is 28.3 Å². The second-order valence-corrected chi connectivity index (χ2v) is 7.54. The summed E-state index contributed by atoms with van der Waals surface area (Å²) >= 11 is 3.34. The van der Waals surface area contributed by atoms with E-state index in [1.807, 2.05) is 13.0 Å². The molecule has 5 nitrogen and oxygen atoms in total. The number of rotatable bonds is 4. The normalized spacial score (nSPS) is 22.0. The third-order valence-electron chi connectivity index (χ3n) is 2.96. The van der Waals surface area contributed by atoms with Crippen LogP contribution in [0.3, 0.4) is 0 Å². The molecule has 100 valence electrons. The highest BCUT2D eigenvalue weighted by molar-refractivity contribution is 9.10. The molecule has 1 aliphatic heterocycles. The van der Waals surface area contributed by atoms with Gasteiger partial charge in [-0.1, -0.05) is 6.92 Å². The molecule has 2 rings (SSSR count). The molecule has 1 N–H and O–H groups in total. The molecule has 0 aliphatic carbocycles. The van der Waals surface area contributed by atoms with E-state index in [2.05, 4.69) is 31.2 Å². The first-order chi connectivity index (χ1) is 8.48. The van der Waals surface area contributed by atoms with Crippen molar-refractivity contribution in [1.29, 1.82) is 0 Å². The van der Waals surface area contributed by atoms with E-state index in [0.717, 1.165) is 29.1 Å². The minimum absolute atomic E-state index is 0.189. The second kappa shape index (κ2) is 5.52. The predicted octanol–water partition coefficient (Wildman–Crippen LogP) is 1.65. The van der Waals surface area contributed by atoms with Crippen molar-refractivity contribution in [2.75, 3.05) is 23.4 Å². The van der Waals surface area contributed by atoms with E-state index >= 15 is 0 Å². The molecule has 7 heteroatoms. The van der Waals surface area contributed by atoms with Crippen LogP contribution in [0.5, 0.6) is 0 Å². The summed E-state index contributed by atoms with van der Waals surface area (Å²) in [6, 6.07) is 1.81. The molecule has 1 aliphatic rings. The Morgan fingerprint density at radius 2 is 2.28 bits per heavy atom. The van der Waals surface area contributed by atoms with Gasteiger partial charge in [0, 0.05) is 19.0 Å². The van der Waals surface area contributed by atoms with Crippen molar-refractivity contribution in [2.24, 2.45) is 5.92 Å². The number of nitrogens with zero attached hydrogens (tertiary/aromatic N) is 2. The maximum Gasteiger partial charge on any atom is 0.150 e. The lowest BCUT2D eigenvalue weighted by Gasteiger charge is -2.11. The zero-order valence-electron chi connectivity index (χ0n) is 10.2. The van der Waals surface area contributed by atoms with Crippen molar-refractivity contribution < 1.29 is 8.42 Å². The van der Waals surface area contributed by atoms with Crippen LogP contribution in [-0.4, -0.2) is 36.4 Å². The van der Waals surface area contributed by atoms with Gasteiger partial charge < -0.3 is 5.32 Å². The summed E-state index contributed by atoms with van der Waals surface area (Å²) < 4.78 is 23.4. The summed E-state index contributed by atoms with van der Waals surface area (Å²) in [5.41, 5.74) is 0. The predicted molar refractivity (Wildman–Crippen MR) is 74.4 cm³/mol. The fraction of sp³-hybridized carbons (Fsp3) is 0.636. The third-order valence-corrected chi connectivity index (χ3v) is 5.20. The van der Waals surface area contributed by atoms with Crippen LogP contribution in [0.15, 0.2) is 10.7 Å². The van der Waals surface area contributed by atoms with Crippen molar-refractivity contribution in [3.8, 4) is 0 Å². The standard InChI is InChI=1S/C11H16BrN3O2S/c1-2-10-14-9(12)5-11(15-10)13-6-8-3-4-18(16,17)7-8/h5,8H,2-4,6-7H2,1H3,(H,13,14,15). The molecule has 1 saturated heterocycles. The first-order valence-corrected chi connectivity index (χ1v) is 8.57. The van der Waals surface area contributed by atoms with Crippen molar-refractivity contribution in [1.82, 2.24) is 9.97 Å². The van der Waals surface area contributed by atoms with E-state index in [-0.39, 0.29) is 11.7 Å². The maximum atomic E-state index is 11.3. The van der Waals surface area contributed by atoms with Gasteiger partial charge in [-0.2, -0.15) is 0 Å². The van der Waals surface area contributed by atoms with Crippen LogP contribution in [0.2, 0.25) is 0 Å². The van der Waals surface area contributed by atoms with Crippen LogP contribution in [0.4, 0.5) is 5.82 Å². The van der Waals surface area contributed by atoms with E-state index in [4.69, 9.17) is 0 Å². The van der Waals surface area contributed by atoms with Crippen LogP contribution in [0.25, 0.3) is 0 Å². The molecule has 0 saturated carbocycles. The fourth-order valence-electron chi connectivity index (χ4n) is 2.00. The number of halogens is 1. The number of anilines is 1. The Morgan fingerprint density at radius 3 is 2.89 bits per heavy atom. The smallest absolute Gasteiger partial charge is 0.150 e. The molecule has 0 radical (unpaired) electrons. The highest BCUT2D eigenvalue weighted by Crippen LogP contribution is 2.19. The average Bonchev–Trinajstić information content (AvgIpc) is 2.65. The van der Waals surface area contributed by atoms with E-state index in [1.165, 1.54) is 0 Å². The molecule has 0 aromatic carbocycles. The van der Waals surface area contributed by atoms with Gasteiger partial charge >= 0.3 is 0 Å². The van der Waals surface area contributed by atoms with Crippen molar-refractivity contribution in [3.63, 3.8) is 0 Å². The SMILES string of the molecule is CCc1nc(Br)cc(NCC2CCS(=O)(=O)C2)n1. The van der Waals surface area contributed by atoms with Gasteiger partial charge in [-0.15, -0.1) is 0 Å². The molecule has 1 aromatic rings. The summed E-state index contributed by atoms with van der Waals surface area (Å²) in [7, 11) is -2.80. The Kier molecular flexibility index (Phi) is 4.21. The molecule has 1 unspecified atom stereocenters. The third kappa shape index (κ3) is 3.65. The van der Waals surface area contributed by atoms with Gasteiger partial charge in [0.1, 0.15) is 16.2 Å². The first kappa shape index (κ1) is 13.7. The Hall–Kier alpha value is -0.690. The lowest BCUT2D eigenvalue weighted by atomic mass is 10.1. The van der Waals surface area contributed by atoms with Crippen LogP contribution < -0.4 is 5.32 Å². The van der Waals surface area contributed by atoms with Crippen LogP contribution in [-0.2, 0) is 16.3 Å². The highest BCUT2D eigenvalue weighted by atomic mass is 79.9. The number of aromatic nitrogens is 2. The summed E-state index contributed by atoms with van der Waals surface area (Å²) in [5, 5.41) is 3.19. The van der Waals surface area contributed by atoms with Gasteiger partial charge in [0.25, 0.3) is 0 Å². The van der Waals surface area contributed by atoms with Crippen molar-refractivity contribution in [3.05, 3.63) is 16.5 Å². The quantitative estimate of drug-likeness (QED) is 0.848. The van der Waals surface area contributed by atoms with E-state index in [9.17, 15) is 8.42 Å². The minimum Gasteiger partial charge on any atom is -0.370 e. The van der Waals surface area contributed by atoms with Gasteiger partial charge in [-0.25, -0.2) is 18.4 Å². The molecule has 1 atom stereocenters. The molecule has 0 amide bonds. The fourth-order valence-corrected chi connectivity index (χ4v) is 4.28.